The van der Waals surface area contributed by atoms with Gasteiger partial charge in [-0.1, -0.05) is 36.4 Å². The first-order valence-electron chi connectivity index (χ1n) is 8.42. The van der Waals surface area contributed by atoms with Crippen LogP contribution in [-0.4, -0.2) is 18.5 Å². The van der Waals surface area contributed by atoms with Gasteiger partial charge in [0.1, 0.15) is 0 Å². The predicted molar refractivity (Wildman–Crippen MR) is 87.7 cm³/mol. The van der Waals surface area contributed by atoms with Crippen molar-refractivity contribution in [3.63, 3.8) is 0 Å². The minimum Gasteiger partial charge on any atom is -0.456 e. The van der Waals surface area contributed by atoms with Crippen LogP contribution in [0.4, 0.5) is 0 Å². The molecule has 0 aromatic heterocycles. The topological polar surface area (TPSA) is 55.4 Å². The summed E-state index contributed by atoms with van der Waals surface area (Å²) in [6.07, 6.45) is 9.60. The molecule has 0 fully saturated rings. The molecule has 3 rings (SSSR count). The number of esters is 1. The summed E-state index contributed by atoms with van der Waals surface area (Å²) in [5.74, 6) is -0.237. The number of allylic oxidation sites excluding steroid dienone is 2. The second kappa shape index (κ2) is 7.44. The van der Waals surface area contributed by atoms with Gasteiger partial charge in [0.05, 0.1) is 12.5 Å². The van der Waals surface area contributed by atoms with Crippen molar-refractivity contribution in [2.45, 2.75) is 44.6 Å². The standard InChI is InChI=1S/C19H23NO3/c21-18(13-23-19(22)12-14-6-1-2-7-14)20-17-11-5-9-15-8-3-4-10-16(15)17/h1,3-4,6,8,10,14,17H,2,5,7,9,11-13H2,(H,20,21)/t14-,17+/m1/s1. The van der Waals surface area contributed by atoms with Crippen LogP contribution in [0.25, 0.3) is 0 Å². The van der Waals surface area contributed by atoms with Crippen LogP contribution in [0.15, 0.2) is 36.4 Å². The fraction of sp³-hybridized carbons (Fsp3) is 0.474. The molecule has 2 aliphatic carbocycles. The lowest BCUT2D eigenvalue weighted by Crippen LogP contribution is -2.34. The van der Waals surface area contributed by atoms with Crippen molar-refractivity contribution in [2.24, 2.45) is 5.92 Å². The maximum absolute atomic E-state index is 12.1. The molecule has 0 unspecified atom stereocenters. The Balaban J connectivity index is 1.46. The minimum atomic E-state index is -0.291. The van der Waals surface area contributed by atoms with Gasteiger partial charge in [-0.2, -0.15) is 0 Å². The fourth-order valence-electron chi connectivity index (χ4n) is 3.42. The van der Waals surface area contributed by atoms with Crippen LogP contribution in [0.1, 0.15) is 49.3 Å². The Morgan fingerprint density at radius 1 is 1.22 bits per heavy atom. The maximum Gasteiger partial charge on any atom is 0.306 e. The van der Waals surface area contributed by atoms with Crippen molar-refractivity contribution < 1.29 is 14.3 Å². The summed E-state index contributed by atoms with van der Waals surface area (Å²) in [6, 6.07) is 8.24. The van der Waals surface area contributed by atoms with E-state index < -0.39 is 0 Å². The Morgan fingerprint density at radius 2 is 2.09 bits per heavy atom. The number of benzene rings is 1. The number of fused-ring (bicyclic) bond motifs is 1. The quantitative estimate of drug-likeness (QED) is 0.671. The van der Waals surface area contributed by atoms with E-state index in [2.05, 4.69) is 29.6 Å². The van der Waals surface area contributed by atoms with Crippen LogP contribution in [-0.2, 0) is 20.7 Å². The number of carbonyl (C=O) groups is 2. The first-order chi connectivity index (χ1) is 11.2. The van der Waals surface area contributed by atoms with Gasteiger partial charge >= 0.3 is 5.97 Å². The summed E-state index contributed by atoms with van der Waals surface area (Å²) in [5, 5.41) is 2.99. The molecule has 1 aromatic carbocycles. The number of nitrogens with one attached hydrogen (secondary N) is 1. The van der Waals surface area contributed by atoms with E-state index in [1.807, 2.05) is 12.1 Å². The van der Waals surface area contributed by atoms with Gasteiger partial charge in [0, 0.05) is 0 Å². The van der Waals surface area contributed by atoms with Gasteiger partial charge < -0.3 is 10.1 Å². The van der Waals surface area contributed by atoms with E-state index in [1.54, 1.807) is 0 Å². The zero-order valence-corrected chi connectivity index (χ0v) is 13.3. The number of hydrogen-bond acceptors (Lipinski definition) is 3. The Labute approximate surface area is 136 Å². The number of amides is 1. The Hall–Kier alpha value is -2.10. The Bertz CT molecular complexity index is 608. The molecule has 2 atom stereocenters. The molecular weight excluding hydrogens is 290 g/mol. The summed E-state index contributed by atoms with van der Waals surface area (Å²) < 4.78 is 5.11. The third-order valence-electron chi connectivity index (χ3n) is 4.61. The van der Waals surface area contributed by atoms with Crippen LogP contribution in [0.5, 0.6) is 0 Å². The van der Waals surface area contributed by atoms with Crippen LogP contribution in [0, 0.1) is 5.92 Å². The summed E-state index contributed by atoms with van der Waals surface area (Å²) in [5.41, 5.74) is 2.49. The second-order valence-corrected chi connectivity index (χ2v) is 6.34. The van der Waals surface area contributed by atoms with Crippen molar-refractivity contribution in [2.75, 3.05) is 6.61 Å². The van der Waals surface area contributed by atoms with E-state index in [1.165, 1.54) is 11.1 Å². The highest BCUT2D eigenvalue weighted by atomic mass is 16.5. The molecule has 2 aliphatic rings. The largest absolute Gasteiger partial charge is 0.456 e. The molecule has 1 aromatic rings. The monoisotopic (exact) mass is 313 g/mol. The molecule has 1 amide bonds. The van der Waals surface area contributed by atoms with Gasteiger partial charge in [-0.3, -0.25) is 9.59 Å². The normalized spacial score (nSPS) is 22.4. The van der Waals surface area contributed by atoms with E-state index in [0.29, 0.717) is 6.42 Å². The van der Waals surface area contributed by atoms with E-state index in [-0.39, 0.29) is 30.4 Å². The average Bonchev–Trinajstić information content (AvgIpc) is 3.06. The highest BCUT2D eigenvalue weighted by Gasteiger charge is 2.22. The number of rotatable bonds is 5. The van der Waals surface area contributed by atoms with E-state index in [4.69, 9.17) is 4.74 Å². The van der Waals surface area contributed by atoms with Gasteiger partial charge in [-0.05, 0) is 49.1 Å². The zero-order chi connectivity index (χ0) is 16.1. The van der Waals surface area contributed by atoms with Gasteiger partial charge in [-0.15, -0.1) is 0 Å². The maximum atomic E-state index is 12.1. The molecule has 23 heavy (non-hydrogen) atoms. The third kappa shape index (κ3) is 4.21. The smallest absolute Gasteiger partial charge is 0.306 e. The summed E-state index contributed by atoms with van der Waals surface area (Å²) >= 11 is 0. The summed E-state index contributed by atoms with van der Waals surface area (Å²) in [4.78, 5) is 23.8. The Morgan fingerprint density at radius 3 is 2.91 bits per heavy atom. The molecular formula is C19H23NO3. The number of hydrogen-bond donors (Lipinski definition) is 1. The van der Waals surface area contributed by atoms with E-state index >= 15 is 0 Å². The summed E-state index contributed by atoms with van der Waals surface area (Å²) in [7, 11) is 0. The molecule has 0 spiro atoms. The highest BCUT2D eigenvalue weighted by molar-refractivity contribution is 5.81. The molecule has 4 nitrogen and oxygen atoms in total. The van der Waals surface area contributed by atoms with Crippen molar-refractivity contribution in [1.29, 1.82) is 0 Å². The van der Waals surface area contributed by atoms with Crippen molar-refractivity contribution in [3.8, 4) is 0 Å². The highest BCUT2D eigenvalue weighted by Crippen LogP contribution is 2.29. The first-order valence-corrected chi connectivity index (χ1v) is 8.42. The Kier molecular flexibility index (Phi) is 5.11. The average molecular weight is 313 g/mol. The number of carbonyl (C=O) groups excluding carboxylic acids is 2. The zero-order valence-electron chi connectivity index (χ0n) is 13.3. The molecule has 0 heterocycles. The van der Waals surface area contributed by atoms with Gasteiger partial charge in [0.25, 0.3) is 5.91 Å². The summed E-state index contributed by atoms with van der Waals surface area (Å²) in [6.45, 7) is -0.187. The van der Waals surface area contributed by atoms with Gasteiger partial charge in [0.15, 0.2) is 6.61 Å². The lowest BCUT2D eigenvalue weighted by atomic mass is 9.88. The van der Waals surface area contributed by atoms with Crippen molar-refractivity contribution >= 4 is 11.9 Å². The first kappa shape index (κ1) is 15.8. The van der Waals surface area contributed by atoms with E-state index in [9.17, 15) is 9.59 Å². The number of aryl methyl sites for hydroxylation is 1. The second-order valence-electron chi connectivity index (χ2n) is 6.34. The van der Waals surface area contributed by atoms with Crippen LogP contribution in [0.2, 0.25) is 0 Å². The molecule has 0 saturated carbocycles. The fourth-order valence-corrected chi connectivity index (χ4v) is 3.42. The molecule has 0 saturated heterocycles. The van der Waals surface area contributed by atoms with Gasteiger partial charge in [0.2, 0.25) is 0 Å². The molecule has 0 aliphatic heterocycles. The lowest BCUT2D eigenvalue weighted by molar-refractivity contribution is -0.149. The predicted octanol–water partition coefficient (Wildman–Crippen LogP) is 3.08. The van der Waals surface area contributed by atoms with Gasteiger partial charge in [-0.25, -0.2) is 0 Å². The van der Waals surface area contributed by atoms with Crippen molar-refractivity contribution in [1.82, 2.24) is 5.32 Å². The molecule has 0 bridgehead atoms. The molecule has 1 N–H and O–H groups in total. The van der Waals surface area contributed by atoms with Crippen LogP contribution in [0.3, 0.4) is 0 Å². The molecule has 4 heteroatoms. The SMILES string of the molecule is O=C(COC(=O)C[C@@H]1C=CCC1)N[C@H]1CCCc2ccccc21. The van der Waals surface area contributed by atoms with Crippen molar-refractivity contribution in [3.05, 3.63) is 47.5 Å². The lowest BCUT2D eigenvalue weighted by Gasteiger charge is -2.26. The van der Waals surface area contributed by atoms with Crippen LogP contribution < -0.4 is 5.32 Å². The van der Waals surface area contributed by atoms with Crippen LogP contribution >= 0.6 is 0 Å². The molecule has 122 valence electrons. The minimum absolute atomic E-state index is 0.0314. The third-order valence-corrected chi connectivity index (χ3v) is 4.61. The van der Waals surface area contributed by atoms with E-state index in [0.717, 1.165) is 32.1 Å². The number of ether oxygens (including phenoxy) is 1. The molecule has 0 radical (unpaired) electrons.